The predicted octanol–water partition coefficient (Wildman–Crippen LogP) is 2.49. The van der Waals surface area contributed by atoms with Crippen LogP contribution in [-0.4, -0.2) is 19.7 Å². The van der Waals surface area contributed by atoms with Crippen LogP contribution in [0.2, 0.25) is 0 Å². The molecule has 1 aliphatic heterocycles. The Hall–Kier alpha value is -1.22. The molecule has 2 heterocycles. The normalized spacial score (nSPS) is 17.7. The van der Waals surface area contributed by atoms with Crippen LogP contribution in [0.1, 0.15) is 25.0 Å². The summed E-state index contributed by atoms with van der Waals surface area (Å²) in [5, 5.41) is 3.34. The van der Waals surface area contributed by atoms with Gasteiger partial charge in [0.05, 0.1) is 19.1 Å². The zero-order valence-corrected chi connectivity index (χ0v) is 9.74. The molecule has 0 fully saturated rings. The molecule has 0 spiro atoms. The van der Waals surface area contributed by atoms with Crippen molar-refractivity contribution in [1.29, 1.82) is 0 Å². The van der Waals surface area contributed by atoms with Crippen molar-refractivity contribution < 1.29 is 9.15 Å². The summed E-state index contributed by atoms with van der Waals surface area (Å²) in [7, 11) is 2.00. The van der Waals surface area contributed by atoms with Gasteiger partial charge in [-0.2, -0.15) is 0 Å². The van der Waals surface area contributed by atoms with E-state index in [4.69, 9.17) is 9.15 Å². The third-order valence-corrected chi connectivity index (χ3v) is 3.02. The number of ether oxygens (including phenoxy) is 1. The number of hydrogen-bond acceptors (Lipinski definition) is 3. The van der Waals surface area contributed by atoms with Gasteiger partial charge in [-0.25, -0.2) is 0 Å². The summed E-state index contributed by atoms with van der Waals surface area (Å²) in [6.07, 6.45) is 7.95. The van der Waals surface area contributed by atoms with Gasteiger partial charge in [-0.1, -0.05) is 0 Å². The smallest absolute Gasteiger partial charge is 0.103 e. The summed E-state index contributed by atoms with van der Waals surface area (Å²) in [4.78, 5) is 0. The predicted molar refractivity (Wildman–Crippen MR) is 63.1 cm³/mol. The number of nitrogens with one attached hydrogen (secondary N) is 1. The van der Waals surface area contributed by atoms with Crippen molar-refractivity contribution in [2.24, 2.45) is 0 Å². The molecule has 0 amide bonds. The van der Waals surface area contributed by atoms with Crippen LogP contribution < -0.4 is 5.32 Å². The molecule has 0 aromatic carbocycles. The molecule has 0 saturated heterocycles. The second-order valence-corrected chi connectivity index (χ2v) is 4.13. The highest BCUT2D eigenvalue weighted by molar-refractivity contribution is 5.11. The van der Waals surface area contributed by atoms with E-state index in [1.54, 1.807) is 6.26 Å². The molecule has 1 aromatic heterocycles. The molecule has 0 bridgehead atoms. The Morgan fingerprint density at radius 3 is 3.06 bits per heavy atom. The van der Waals surface area contributed by atoms with Crippen LogP contribution in [0.15, 0.2) is 34.6 Å². The maximum absolute atomic E-state index is 5.38. The van der Waals surface area contributed by atoms with E-state index >= 15 is 0 Å². The molecule has 0 aliphatic carbocycles. The fourth-order valence-corrected chi connectivity index (χ4v) is 2.10. The Morgan fingerprint density at radius 1 is 1.50 bits per heavy atom. The molecule has 2 rings (SSSR count). The van der Waals surface area contributed by atoms with Crippen molar-refractivity contribution in [3.8, 4) is 0 Å². The minimum atomic E-state index is 0.408. The van der Waals surface area contributed by atoms with Gasteiger partial charge in [0, 0.05) is 12.5 Å². The fraction of sp³-hybridized carbons (Fsp3) is 0.538. The highest BCUT2D eigenvalue weighted by Crippen LogP contribution is 2.19. The van der Waals surface area contributed by atoms with Crippen LogP contribution in [0.4, 0.5) is 0 Å². The number of hydrogen-bond donors (Lipinski definition) is 1. The van der Waals surface area contributed by atoms with E-state index < -0.39 is 0 Å². The highest BCUT2D eigenvalue weighted by atomic mass is 16.5. The summed E-state index contributed by atoms with van der Waals surface area (Å²) >= 11 is 0. The van der Waals surface area contributed by atoms with Gasteiger partial charge in [0.2, 0.25) is 0 Å². The van der Waals surface area contributed by atoms with Crippen molar-refractivity contribution in [1.82, 2.24) is 5.32 Å². The molecule has 1 atom stereocenters. The van der Waals surface area contributed by atoms with Crippen LogP contribution in [0.5, 0.6) is 0 Å². The lowest BCUT2D eigenvalue weighted by Crippen LogP contribution is -2.29. The maximum Gasteiger partial charge on any atom is 0.103 e. The quantitative estimate of drug-likeness (QED) is 0.829. The molecule has 88 valence electrons. The van der Waals surface area contributed by atoms with Gasteiger partial charge in [-0.3, -0.25) is 0 Å². The Morgan fingerprint density at radius 2 is 2.44 bits per heavy atom. The summed E-state index contributed by atoms with van der Waals surface area (Å²) in [5.74, 6) is 1.05. The van der Waals surface area contributed by atoms with Gasteiger partial charge in [0.15, 0.2) is 0 Å². The largest absolute Gasteiger partial charge is 0.501 e. The Kier molecular flexibility index (Phi) is 4.05. The Balaban J connectivity index is 1.87. The van der Waals surface area contributed by atoms with Crippen molar-refractivity contribution in [2.75, 3.05) is 13.7 Å². The minimum absolute atomic E-state index is 0.408. The van der Waals surface area contributed by atoms with Gasteiger partial charge in [0.25, 0.3) is 0 Å². The van der Waals surface area contributed by atoms with E-state index in [0.717, 1.165) is 38.1 Å². The van der Waals surface area contributed by atoms with E-state index in [1.807, 2.05) is 25.4 Å². The first-order valence-corrected chi connectivity index (χ1v) is 5.90. The summed E-state index contributed by atoms with van der Waals surface area (Å²) in [5.41, 5.74) is 1.38. The maximum atomic E-state index is 5.38. The van der Waals surface area contributed by atoms with Crippen molar-refractivity contribution in [3.05, 3.63) is 36.0 Å². The lowest BCUT2D eigenvalue weighted by molar-refractivity contribution is 0.219. The SMILES string of the molecule is CNC(CCc1ccco1)C1=COCCC1. The molecule has 1 N–H and O–H groups in total. The van der Waals surface area contributed by atoms with E-state index in [-0.39, 0.29) is 0 Å². The number of furan rings is 1. The third kappa shape index (κ3) is 2.89. The molecule has 0 saturated carbocycles. The monoisotopic (exact) mass is 221 g/mol. The molecule has 3 heteroatoms. The van der Waals surface area contributed by atoms with E-state index in [2.05, 4.69) is 5.32 Å². The molecular formula is C13H19NO2. The number of aryl methyl sites for hydroxylation is 1. The van der Waals surface area contributed by atoms with Gasteiger partial charge < -0.3 is 14.5 Å². The molecule has 0 radical (unpaired) electrons. The fourth-order valence-electron chi connectivity index (χ4n) is 2.10. The van der Waals surface area contributed by atoms with Crippen LogP contribution in [0.3, 0.4) is 0 Å². The third-order valence-electron chi connectivity index (χ3n) is 3.02. The van der Waals surface area contributed by atoms with Gasteiger partial charge in [-0.05, 0) is 44.0 Å². The number of rotatable bonds is 5. The Bertz CT molecular complexity index is 330. The lowest BCUT2D eigenvalue weighted by Gasteiger charge is -2.22. The summed E-state index contributed by atoms with van der Waals surface area (Å²) in [6, 6.07) is 4.37. The van der Waals surface area contributed by atoms with Gasteiger partial charge in [0.1, 0.15) is 5.76 Å². The topological polar surface area (TPSA) is 34.4 Å². The zero-order valence-electron chi connectivity index (χ0n) is 9.74. The first-order valence-electron chi connectivity index (χ1n) is 5.90. The van der Waals surface area contributed by atoms with Gasteiger partial charge >= 0.3 is 0 Å². The average molecular weight is 221 g/mol. The minimum Gasteiger partial charge on any atom is -0.501 e. The van der Waals surface area contributed by atoms with Crippen LogP contribution in [0, 0.1) is 0 Å². The van der Waals surface area contributed by atoms with Crippen molar-refractivity contribution >= 4 is 0 Å². The zero-order chi connectivity index (χ0) is 11.2. The van der Waals surface area contributed by atoms with Gasteiger partial charge in [-0.15, -0.1) is 0 Å². The van der Waals surface area contributed by atoms with E-state index in [0.29, 0.717) is 6.04 Å². The molecule has 1 aromatic rings. The van der Waals surface area contributed by atoms with Crippen molar-refractivity contribution in [3.63, 3.8) is 0 Å². The molecule has 3 nitrogen and oxygen atoms in total. The van der Waals surface area contributed by atoms with Crippen molar-refractivity contribution in [2.45, 2.75) is 31.7 Å². The standard InChI is InChI=1S/C13H19NO2/c1-14-13(11-4-2-8-15-10-11)7-6-12-5-3-9-16-12/h3,5,9-10,13-14H,2,4,6-8H2,1H3. The molecule has 1 aliphatic rings. The first kappa shape index (κ1) is 11.3. The molecule has 1 unspecified atom stereocenters. The Labute approximate surface area is 96.5 Å². The number of likely N-dealkylation sites (N-methyl/N-ethyl adjacent to an activating group) is 1. The summed E-state index contributed by atoms with van der Waals surface area (Å²) in [6.45, 7) is 0.859. The van der Waals surface area contributed by atoms with Crippen LogP contribution in [0.25, 0.3) is 0 Å². The van der Waals surface area contributed by atoms with E-state index in [1.165, 1.54) is 5.57 Å². The summed E-state index contributed by atoms with van der Waals surface area (Å²) < 4.78 is 10.7. The van der Waals surface area contributed by atoms with E-state index in [9.17, 15) is 0 Å². The van der Waals surface area contributed by atoms with Crippen LogP contribution in [-0.2, 0) is 11.2 Å². The molecule has 16 heavy (non-hydrogen) atoms. The second-order valence-electron chi connectivity index (χ2n) is 4.13. The molecular weight excluding hydrogens is 202 g/mol. The first-order chi connectivity index (χ1) is 7.90. The average Bonchev–Trinajstić information content (AvgIpc) is 2.84. The second kappa shape index (κ2) is 5.75. The van der Waals surface area contributed by atoms with Crippen LogP contribution >= 0.6 is 0 Å². The highest BCUT2D eigenvalue weighted by Gasteiger charge is 2.15. The lowest BCUT2D eigenvalue weighted by atomic mass is 9.97.